The van der Waals surface area contributed by atoms with Crippen molar-refractivity contribution in [3.63, 3.8) is 0 Å². The largest absolute Gasteiger partial charge is 0.361 e. The second-order valence-corrected chi connectivity index (χ2v) is 3.95. The second-order valence-electron chi connectivity index (χ2n) is 2.39. The fourth-order valence-corrected chi connectivity index (χ4v) is 1.62. The number of carbonyl (C=O) groups is 1. The Morgan fingerprint density at radius 3 is 2.85 bits per heavy atom. The molecule has 70 valence electrons. The van der Waals surface area contributed by atoms with Gasteiger partial charge in [-0.3, -0.25) is 4.79 Å². The summed E-state index contributed by atoms with van der Waals surface area (Å²) in [6.45, 7) is 1.77. The van der Waals surface area contributed by atoms with E-state index in [0.717, 1.165) is 0 Å². The molecule has 6 heteroatoms. The Balaban J connectivity index is 2.72. The van der Waals surface area contributed by atoms with Gasteiger partial charge >= 0.3 is 0 Å². The summed E-state index contributed by atoms with van der Waals surface area (Å²) in [5.74, 6) is 0.620. The molecule has 0 aliphatic carbocycles. The molecule has 0 bridgehead atoms. The van der Waals surface area contributed by atoms with E-state index in [0.29, 0.717) is 15.0 Å². The third kappa shape index (κ3) is 3.40. The molecule has 13 heavy (non-hydrogen) atoms. The summed E-state index contributed by atoms with van der Waals surface area (Å²) < 4.78 is 1.23. The van der Waals surface area contributed by atoms with Gasteiger partial charge in [-0.1, -0.05) is 0 Å². The van der Waals surface area contributed by atoms with E-state index in [2.05, 4.69) is 47.1 Å². The fourth-order valence-electron chi connectivity index (χ4n) is 0.673. The Bertz CT molecular complexity index is 330. The Hall–Kier alpha value is -0.490. The lowest BCUT2D eigenvalue weighted by atomic mass is 10.7. The van der Waals surface area contributed by atoms with E-state index in [9.17, 15) is 4.79 Å². The summed E-state index contributed by atoms with van der Waals surface area (Å²) in [6.07, 6.45) is 1.56. The molecule has 0 unspecified atom stereocenters. The maximum atomic E-state index is 10.7. The third-order valence-corrected chi connectivity index (χ3v) is 2.14. The van der Waals surface area contributed by atoms with Crippen molar-refractivity contribution >= 4 is 43.5 Å². The molecular weight excluding hydrogens is 304 g/mol. The zero-order valence-electron chi connectivity index (χ0n) is 6.84. The van der Waals surface area contributed by atoms with E-state index < -0.39 is 0 Å². The highest BCUT2D eigenvalue weighted by Crippen LogP contribution is 2.18. The minimum Gasteiger partial charge on any atom is -0.361 e. The number of rotatable bonds is 3. The summed E-state index contributed by atoms with van der Waals surface area (Å²) in [4.78, 5) is 18.7. The Kier molecular flexibility index (Phi) is 3.80. The first-order valence-corrected chi connectivity index (χ1v) is 5.09. The van der Waals surface area contributed by atoms with Gasteiger partial charge in [-0.25, -0.2) is 9.97 Å². The van der Waals surface area contributed by atoms with Gasteiger partial charge in [0.1, 0.15) is 15.0 Å². The predicted octanol–water partition coefficient (Wildman–Crippen LogP) is 2.00. The monoisotopic (exact) mass is 309 g/mol. The first kappa shape index (κ1) is 10.6. The molecule has 0 aliphatic rings. The Labute approximate surface area is 92.4 Å². The van der Waals surface area contributed by atoms with Gasteiger partial charge in [0.15, 0.2) is 5.82 Å². The molecule has 0 radical (unpaired) electrons. The number of anilines is 1. The number of nitrogens with zero attached hydrogens (tertiary/aromatic N) is 2. The van der Waals surface area contributed by atoms with Crippen LogP contribution < -0.4 is 5.32 Å². The number of ketones is 1. The standard InChI is InChI=1S/C7H7Br2N3O/c1-4(13)2-10-7-6(9)12-5(8)3-11-7/h3H,2H2,1H3,(H,10,11)/i2+1,4+1. The quantitative estimate of drug-likeness (QED) is 0.868. The number of Topliss-reactive ketones (excluding diaryl/α,β-unsaturated/α-hetero) is 1. The SMILES string of the molecule is C[13C](=O)[13CH2]Nc1ncc(Br)nc1Br. The molecule has 1 heterocycles. The van der Waals surface area contributed by atoms with Crippen molar-refractivity contribution in [1.82, 2.24) is 9.97 Å². The smallest absolute Gasteiger partial charge is 0.159 e. The van der Waals surface area contributed by atoms with Gasteiger partial charge in [0.2, 0.25) is 0 Å². The van der Waals surface area contributed by atoms with Gasteiger partial charge < -0.3 is 5.32 Å². The van der Waals surface area contributed by atoms with Crippen LogP contribution in [0.2, 0.25) is 0 Å². The van der Waals surface area contributed by atoms with Crippen LogP contribution >= 0.6 is 31.9 Å². The molecule has 1 N–H and O–H groups in total. The Morgan fingerprint density at radius 2 is 2.31 bits per heavy atom. The van der Waals surface area contributed by atoms with E-state index in [-0.39, 0.29) is 12.3 Å². The van der Waals surface area contributed by atoms with E-state index >= 15 is 0 Å². The maximum absolute atomic E-state index is 10.7. The number of halogens is 2. The van der Waals surface area contributed by atoms with Crippen LogP contribution in [0, 0.1) is 0 Å². The summed E-state index contributed by atoms with van der Waals surface area (Å²) >= 11 is 6.40. The maximum Gasteiger partial charge on any atom is 0.159 e. The van der Waals surface area contributed by atoms with Gasteiger partial charge in [-0.05, 0) is 38.8 Å². The molecule has 4 nitrogen and oxygen atoms in total. The van der Waals surface area contributed by atoms with Crippen LogP contribution in [0.5, 0.6) is 0 Å². The molecule has 0 saturated heterocycles. The number of hydrogen-bond acceptors (Lipinski definition) is 4. The average Bonchev–Trinajstić information content (AvgIpc) is 2.02. The van der Waals surface area contributed by atoms with Crippen LogP contribution in [0.25, 0.3) is 0 Å². The van der Waals surface area contributed by atoms with E-state index in [1.807, 2.05) is 0 Å². The highest BCUT2D eigenvalue weighted by atomic mass is 79.9. The van der Waals surface area contributed by atoms with Crippen molar-refractivity contribution in [1.29, 1.82) is 0 Å². The zero-order chi connectivity index (χ0) is 9.84. The van der Waals surface area contributed by atoms with Crippen molar-refractivity contribution in [3.05, 3.63) is 15.4 Å². The topological polar surface area (TPSA) is 54.9 Å². The average molecular weight is 311 g/mol. The molecule has 1 aromatic rings. The van der Waals surface area contributed by atoms with E-state index in [1.54, 1.807) is 6.20 Å². The fraction of sp³-hybridized carbons (Fsp3) is 0.286. The molecule has 0 fully saturated rings. The van der Waals surface area contributed by atoms with Gasteiger partial charge in [0.05, 0.1) is 12.7 Å². The summed E-state index contributed by atoms with van der Waals surface area (Å²) in [6, 6.07) is 0. The van der Waals surface area contributed by atoms with Crippen molar-refractivity contribution in [2.75, 3.05) is 11.9 Å². The molecule has 1 aromatic heterocycles. The molecular formula is C7H7Br2N3O. The molecule has 0 amide bonds. The van der Waals surface area contributed by atoms with Crippen molar-refractivity contribution in [2.45, 2.75) is 6.92 Å². The number of carbonyl (C=O) groups excluding carboxylic acids is 1. The third-order valence-electron chi connectivity index (χ3n) is 1.21. The second kappa shape index (κ2) is 4.66. The van der Waals surface area contributed by atoms with Gasteiger partial charge in [-0.2, -0.15) is 0 Å². The van der Waals surface area contributed by atoms with Crippen LogP contribution in [0.4, 0.5) is 5.82 Å². The van der Waals surface area contributed by atoms with Gasteiger partial charge in [0.25, 0.3) is 0 Å². The number of hydrogen-bond donors (Lipinski definition) is 1. The molecule has 0 aromatic carbocycles. The molecule has 1 rings (SSSR count). The van der Waals surface area contributed by atoms with Crippen molar-refractivity contribution in [3.8, 4) is 0 Å². The minimum atomic E-state index is 0.0524. The Morgan fingerprint density at radius 1 is 1.62 bits per heavy atom. The summed E-state index contributed by atoms with van der Waals surface area (Å²) in [5.41, 5.74) is 0. The first-order chi connectivity index (χ1) is 6.09. The lowest BCUT2D eigenvalue weighted by Gasteiger charge is -2.04. The predicted molar refractivity (Wildman–Crippen MR) is 56.6 cm³/mol. The van der Waals surface area contributed by atoms with Crippen LogP contribution in [0.3, 0.4) is 0 Å². The summed E-state index contributed by atoms with van der Waals surface area (Å²) in [5, 5.41) is 2.85. The van der Waals surface area contributed by atoms with Crippen LogP contribution in [0.15, 0.2) is 15.4 Å². The minimum absolute atomic E-state index is 0.0524. The summed E-state index contributed by atoms with van der Waals surface area (Å²) in [7, 11) is 0. The van der Waals surface area contributed by atoms with E-state index in [1.165, 1.54) is 6.92 Å². The normalized spacial score (nSPS) is 9.77. The number of nitrogens with one attached hydrogen (secondary N) is 1. The number of aromatic nitrogens is 2. The van der Waals surface area contributed by atoms with Crippen LogP contribution in [-0.4, -0.2) is 22.3 Å². The van der Waals surface area contributed by atoms with Crippen LogP contribution in [-0.2, 0) is 4.79 Å². The molecule has 0 saturated carbocycles. The molecule has 0 atom stereocenters. The molecule has 0 aliphatic heterocycles. The lowest BCUT2D eigenvalue weighted by Crippen LogP contribution is -2.11. The van der Waals surface area contributed by atoms with E-state index in [4.69, 9.17) is 0 Å². The van der Waals surface area contributed by atoms with Crippen molar-refractivity contribution < 1.29 is 4.79 Å². The van der Waals surface area contributed by atoms with Gasteiger partial charge in [0, 0.05) is 0 Å². The van der Waals surface area contributed by atoms with Crippen molar-refractivity contribution in [2.24, 2.45) is 0 Å². The first-order valence-electron chi connectivity index (χ1n) is 3.51. The highest BCUT2D eigenvalue weighted by Gasteiger charge is 2.03. The van der Waals surface area contributed by atoms with Crippen LogP contribution in [0.1, 0.15) is 6.92 Å². The highest BCUT2D eigenvalue weighted by molar-refractivity contribution is 9.11. The van der Waals surface area contributed by atoms with Gasteiger partial charge in [-0.15, -0.1) is 0 Å². The zero-order valence-corrected chi connectivity index (χ0v) is 10.0. The lowest BCUT2D eigenvalue weighted by molar-refractivity contribution is -0.115. The molecule has 0 spiro atoms.